The molecule has 0 aliphatic carbocycles. The van der Waals surface area contributed by atoms with E-state index < -0.39 is 27.5 Å². The van der Waals surface area contributed by atoms with Gasteiger partial charge >= 0.3 is 11.6 Å². The number of fused-ring (bicyclic) bond motifs is 1. The summed E-state index contributed by atoms with van der Waals surface area (Å²) in [5.41, 5.74) is 2.41. The average molecular weight is 446 g/mol. The Hall–Kier alpha value is -3.01. The lowest BCUT2D eigenvalue weighted by Gasteiger charge is -2.27. The number of amides is 1. The smallest absolute Gasteiger partial charge is 0.354 e. The highest BCUT2D eigenvalue weighted by Crippen LogP contribution is 2.24. The van der Waals surface area contributed by atoms with Crippen LogP contribution in [0.25, 0.3) is 11.0 Å². The van der Waals surface area contributed by atoms with Crippen LogP contribution in [0.3, 0.4) is 0 Å². The normalized spacial score (nSPS) is 20.7. The fourth-order valence-electron chi connectivity index (χ4n) is 3.80. The van der Waals surface area contributed by atoms with Crippen molar-refractivity contribution >= 4 is 38.4 Å². The summed E-state index contributed by atoms with van der Waals surface area (Å²) >= 11 is 0. The molecule has 2 aliphatic rings. The molecule has 2 aliphatic heterocycles. The maximum atomic E-state index is 12.6. The molecule has 0 radical (unpaired) electrons. The van der Waals surface area contributed by atoms with Crippen molar-refractivity contribution in [3.8, 4) is 0 Å². The van der Waals surface area contributed by atoms with Gasteiger partial charge in [0, 0.05) is 29.9 Å². The molecular formula is C21H22N2O7S. The van der Waals surface area contributed by atoms with Crippen LogP contribution in [0.1, 0.15) is 36.0 Å². The number of nitrogens with zero attached hydrogens (tertiary/aromatic N) is 2. The second-order valence-electron chi connectivity index (χ2n) is 7.94. The zero-order chi connectivity index (χ0) is 22.3. The first kappa shape index (κ1) is 21.2. The molecule has 1 fully saturated rings. The number of hydrogen-bond donors (Lipinski definition) is 0. The van der Waals surface area contributed by atoms with E-state index in [0.29, 0.717) is 23.0 Å². The summed E-state index contributed by atoms with van der Waals surface area (Å²) in [6.45, 7) is 3.68. The molecule has 10 heteroatoms. The van der Waals surface area contributed by atoms with Crippen molar-refractivity contribution < 1.29 is 27.2 Å². The Morgan fingerprint density at radius 1 is 1.19 bits per heavy atom. The highest BCUT2D eigenvalue weighted by Gasteiger charge is 2.37. The molecule has 164 valence electrons. The molecule has 31 heavy (non-hydrogen) atoms. The lowest BCUT2D eigenvalue weighted by atomic mass is 10.0. The minimum Gasteiger partial charge on any atom is -0.456 e. The third-order valence-corrected chi connectivity index (χ3v) is 7.40. The summed E-state index contributed by atoms with van der Waals surface area (Å²) in [7, 11) is -3.20. The summed E-state index contributed by atoms with van der Waals surface area (Å²) < 4.78 is 34.1. The van der Waals surface area contributed by atoms with E-state index in [0.717, 1.165) is 16.1 Å². The van der Waals surface area contributed by atoms with Gasteiger partial charge in [0.05, 0.1) is 17.5 Å². The Balaban J connectivity index is 1.54. The Kier molecular flexibility index (Phi) is 5.42. The molecule has 1 atom stereocenters. The van der Waals surface area contributed by atoms with Gasteiger partial charge in [-0.15, -0.1) is 0 Å². The van der Waals surface area contributed by atoms with E-state index in [1.54, 1.807) is 6.07 Å². The molecule has 9 nitrogen and oxygen atoms in total. The van der Waals surface area contributed by atoms with E-state index in [9.17, 15) is 22.8 Å². The van der Waals surface area contributed by atoms with Crippen LogP contribution in [-0.2, 0) is 30.8 Å². The van der Waals surface area contributed by atoms with Crippen LogP contribution in [0.15, 0.2) is 32.5 Å². The third-order valence-electron chi connectivity index (χ3n) is 5.65. The van der Waals surface area contributed by atoms with Gasteiger partial charge in [-0.25, -0.2) is 23.0 Å². The molecule has 0 spiro atoms. The number of carbonyl (C=O) groups is 2. The van der Waals surface area contributed by atoms with Gasteiger partial charge in [0.1, 0.15) is 17.9 Å². The molecule has 0 saturated carbocycles. The zero-order valence-electron chi connectivity index (χ0n) is 17.2. The van der Waals surface area contributed by atoms with E-state index in [1.807, 2.05) is 19.9 Å². The molecule has 4 rings (SSSR count). The first-order valence-electron chi connectivity index (χ1n) is 9.94. The predicted molar refractivity (Wildman–Crippen MR) is 112 cm³/mol. The summed E-state index contributed by atoms with van der Waals surface area (Å²) in [5, 5.41) is 5.90. The van der Waals surface area contributed by atoms with E-state index in [4.69, 9.17) is 9.15 Å². The average Bonchev–Trinajstić information content (AvgIpc) is 3.07. The number of rotatable bonds is 4. The van der Waals surface area contributed by atoms with E-state index in [-0.39, 0.29) is 42.6 Å². The molecule has 1 saturated heterocycles. The van der Waals surface area contributed by atoms with E-state index >= 15 is 0 Å². The van der Waals surface area contributed by atoms with Crippen molar-refractivity contribution in [1.29, 1.82) is 0 Å². The standard InChI is InChI=1S/C21H22N2O7S/c1-12-7-16-14(9-20(25)30-18(16)8-13(12)2)10-29-21(26)17-3-4-19(24)23(22-17)15-5-6-31(27,28)11-15/h7-9,15H,3-6,10-11H2,1-2H3/t15-/m1/s1. The van der Waals surface area contributed by atoms with Gasteiger partial charge < -0.3 is 9.15 Å². The molecule has 2 aromatic rings. The number of aryl methyl sites for hydroxylation is 2. The van der Waals surface area contributed by atoms with Gasteiger partial charge in [0.15, 0.2) is 9.84 Å². The lowest BCUT2D eigenvalue weighted by Crippen LogP contribution is -2.42. The summed E-state index contributed by atoms with van der Waals surface area (Å²) in [5.74, 6) is -1.17. The minimum atomic E-state index is -3.20. The molecule has 3 heterocycles. The summed E-state index contributed by atoms with van der Waals surface area (Å²) in [4.78, 5) is 36.7. The summed E-state index contributed by atoms with van der Waals surface area (Å²) in [6, 6.07) is 4.36. The number of benzene rings is 1. The zero-order valence-corrected chi connectivity index (χ0v) is 18.0. The van der Waals surface area contributed by atoms with Gasteiger partial charge in [-0.05, 0) is 43.5 Å². The topological polar surface area (TPSA) is 123 Å². The van der Waals surface area contributed by atoms with Gasteiger partial charge in [-0.2, -0.15) is 5.10 Å². The maximum Gasteiger partial charge on any atom is 0.354 e. The van der Waals surface area contributed by atoms with Crippen LogP contribution < -0.4 is 5.63 Å². The quantitative estimate of drug-likeness (QED) is 0.516. The van der Waals surface area contributed by atoms with Crippen LogP contribution in [0.5, 0.6) is 0 Å². The highest BCUT2D eigenvalue weighted by atomic mass is 32.2. The first-order valence-corrected chi connectivity index (χ1v) is 11.8. The Morgan fingerprint density at radius 2 is 1.94 bits per heavy atom. The number of carbonyl (C=O) groups excluding carboxylic acids is 2. The van der Waals surface area contributed by atoms with Gasteiger partial charge in [0.2, 0.25) is 5.91 Å². The lowest BCUT2D eigenvalue weighted by molar-refractivity contribution is -0.138. The molecular weight excluding hydrogens is 424 g/mol. The van der Waals surface area contributed by atoms with Crippen molar-refractivity contribution in [3.63, 3.8) is 0 Å². The number of hydrogen-bond acceptors (Lipinski definition) is 8. The fourth-order valence-corrected chi connectivity index (χ4v) is 5.49. The summed E-state index contributed by atoms with van der Waals surface area (Å²) in [6.07, 6.45) is 0.467. The van der Waals surface area contributed by atoms with Crippen molar-refractivity contribution in [2.24, 2.45) is 5.10 Å². The predicted octanol–water partition coefficient (Wildman–Crippen LogP) is 1.62. The Labute approximate surface area is 178 Å². The van der Waals surface area contributed by atoms with E-state index in [2.05, 4.69) is 5.10 Å². The molecule has 1 aromatic carbocycles. The fraction of sp³-hybridized carbons (Fsp3) is 0.429. The second-order valence-corrected chi connectivity index (χ2v) is 10.2. The van der Waals surface area contributed by atoms with Gasteiger partial charge in [0.25, 0.3) is 0 Å². The van der Waals surface area contributed by atoms with Crippen molar-refractivity contribution in [1.82, 2.24) is 5.01 Å². The first-order chi connectivity index (χ1) is 14.6. The Morgan fingerprint density at radius 3 is 2.65 bits per heavy atom. The second kappa shape index (κ2) is 7.92. The van der Waals surface area contributed by atoms with Crippen molar-refractivity contribution in [2.45, 2.75) is 45.8 Å². The maximum absolute atomic E-state index is 12.6. The minimum absolute atomic E-state index is 0.000694. The third kappa shape index (κ3) is 4.39. The SMILES string of the molecule is Cc1cc2oc(=O)cc(COC(=O)C3=NN([C@@H]4CCS(=O)(=O)C4)C(=O)CC3)c2cc1C. The van der Waals surface area contributed by atoms with Crippen LogP contribution in [0.4, 0.5) is 0 Å². The number of esters is 1. The van der Waals surface area contributed by atoms with E-state index in [1.165, 1.54) is 6.07 Å². The molecule has 0 bridgehead atoms. The Bertz CT molecular complexity index is 1280. The van der Waals surface area contributed by atoms with Crippen molar-refractivity contribution in [3.05, 3.63) is 45.3 Å². The largest absolute Gasteiger partial charge is 0.456 e. The van der Waals surface area contributed by atoms with Crippen LogP contribution >= 0.6 is 0 Å². The number of sulfone groups is 1. The monoisotopic (exact) mass is 446 g/mol. The van der Waals surface area contributed by atoms with Crippen molar-refractivity contribution in [2.75, 3.05) is 11.5 Å². The van der Waals surface area contributed by atoms with Crippen LogP contribution in [-0.4, -0.2) is 48.6 Å². The molecule has 0 N–H and O–H groups in total. The molecule has 0 unspecified atom stereocenters. The number of hydrazone groups is 1. The molecule has 1 aromatic heterocycles. The van der Waals surface area contributed by atoms with Gasteiger partial charge in [-0.3, -0.25) is 4.79 Å². The highest BCUT2D eigenvalue weighted by molar-refractivity contribution is 7.91. The van der Waals surface area contributed by atoms with Crippen LogP contribution in [0, 0.1) is 13.8 Å². The van der Waals surface area contributed by atoms with Crippen LogP contribution in [0.2, 0.25) is 0 Å². The van der Waals surface area contributed by atoms with Gasteiger partial charge in [-0.1, -0.05) is 0 Å². The molecule has 1 amide bonds. The number of ether oxygens (including phenoxy) is 1.